The maximum absolute atomic E-state index is 3.34. The zero-order chi connectivity index (χ0) is 9.40. The van der Waals surface area contributed by atoms with Crippen LogP contribution in [-0.4, -0.2) is 17.7 Å². The number of hydrogen-bond donors (Lipinski definition) is 0. The van der Waals surface area contributed by atoms with Crippen LogP contribution in [0.2, 0.25) is 5.09 Å². The van der Waals surface area contributed by atoms with Crippen LogP contribution in [0.1, 0.15) is 19.8 Å². The molecule has 0 fully saturated rings. The van der Waals surface area contributed by atoms with Gasteiger partial charge in [0.2, 0.25) is 0 Å². The van der Waals surface area contributed by atoms with Crippen molar-refractivity contribution in [3.8, 4) is 0 Å². The van der Waals surface area contributed by atoms with Gasteiger partial charge in [-0.05, 0) is 43.3 Å². The molecule has 0 saturated carbocycles. The first-order valence-electron chi connectivity index (χ1n) is 4.10. The Kier molecular flexibility index (Phi) is 9.76. The van der Waals surface area contributed by atoms with Crippen molar-refractivity contribution in [3.63, 3.8) is 0 Å². The third-order valence-electron chi connectivity index (χ3n) is 1.28. The summed E-state index contributed by atoms with van der Waals surface area (Å²) in [6.07, 6.45) is 2.73. The van der Waals surface area contributed by atoms with Crippen LogP contribution in [0.4, 0.5) is 0 Å². The van der Waals surface area contributed by atoms with E-state index in [2.05, 4.69) is 56.5 Å². The molecule has 0 unspecified atom stereocenters. The molecule has 0 amide bonds. The van der Waals surface area contributed by atoms with Crippen molar-refractivity contribution in [3.05, 3.63) is 19.7 Å². The van der Waals surface area contributed by atoms with Gasteiger partial charge in [0, 0.05) is 4.47 Å². The average Bonchev–Trinajstić information content (AvgIpc) is 2.39. The van der Waals surface area contributed by atoms with Crippen molar-refractivity contribution in [2.24, 2.45) is 0 Å². The van der Waals surface area contributed by atoms with Crippen LogP contribution in [0, 0.1) is 0 Å². The predicted molar refractivity (Wildman–Crippen MR) is 65.2 cm³/mol. The van der Waals surface area contributed by atoms with E-state index in [9.17, 15) is 0 Å². The standard InChI is InChI=1S/C4H2Br2S.C4H9.Li/c5-3-1-2-7-4(3)6;1-3-4-2;/h1-2H;1,3-4H2,2H3;. The van der Waals surface area contributed by atoms with Crippen molar-refractivity contribution in [2.45, 2.75) is 24.9 Å². The number of hydrogen-bond acceptors (Lipinski definition) is 1. The Morgan fingerprint density at radius 3 is 2.25 bits per heavy atom. The van der Waals surface area contributed by atoms with Crippen molar-refractivity contribution < 1.29 is 0 Å². The van der Waals surface area contributed by atoms with Gasteiger partial charge in [0.25, 0.3) is 0 Å². The van der Waals surface area contributed by atoms with Crippen LogP contribution in [0.5, 0.6) is 0 Å². The summed E-state index contributed by atoms with van der Waals surface area (Å²) in [5.74, 6) is 0. The fraction of sp³-hybridized carbons (Fsp3) is 0.500. The Bertz CT molecular complexity index is 182. The fourth-order valence-electron chi connectivity index (χ4n) is 0.629. The summed E-state index contributed by atoms with van der Waals surface area (Å²) in [5.41, 5.74) is 0. The van der Waals surface area contributed by atoms with Crippen LogP contribution >= 0.6 is 43.2 Å². The third kappa shape index (κ3) is 6.74. The Morgan fingerprint density at radius 2 is 2.17 bits per heavy atom. The summed E-state index contributed by atoms with van der Waals surface area (Å²) >= 11 is 10.6. The van der Waals surface area contributed by atoms with Gasteiger partial charge in [-0.2, -0.15) is 0 Å². The van der Waals surface area contributed by atoms with Gasteiger partial charge in [0.05, 0.1) is 3.79 Å². The summed E-state index contributed by atoms with van der Waals surface area (Å²) in [7, 11) is 0. The van der Waals surface area contributed by atoms with E-state index in [1.54, 1.807) is 11.3 Å². The molecule has 0 N–H and O–H groups in total. The summed E-state index contributed by atoms with van der Waals surface area (Å²) in [6.45, 7) is 2.21. The maximum atomic E-state index is 3.34. The van der Waals surface area contributed by atoms with Crippen molar-refractivity contribution in [1.29, 1.82) is 0 Å². The zero-order valence-corrected chi connectivity index (χ0v) is 11.4. The monoisotopic (exact) mass is 304 g/mol. The van der Waals surface area contributed by atoms with Gasteiger partial charge in [-0.25, -0.2) is 0 Å². The molecule has 0 nitrogen and oxygen atoms in total. The first kappa shape index (κ1) is 13.3. The van der Waals surface area contributed by atoms with E-state index in [1.807, 2.05) is 11.4 Å². The van der Waals surface area contributed by atoms with Crippen molar-refractivity contribution >= 4 is 60.9 Å². The molecule has 1 aromatic rings. The van der Waals surface area contributed by atoms with E-state index in [-0.39, 0.29) is 0 Å². The average molecular weight is 306 g/mol. The molecule has 12 heavy (non-hydrogen) atoms. The molecule has 0 atom stereocenters. The van der Waals surface area contributed by atoms with Gasteiger partial charge in [0.1, 0.15) is 0 Å². The molecule has 0 aromatic carbocycles. The van der Waals surface area contributed by atoms with E-state index >= 15 is 0 Å². The molecule has 64 valence electrons. The van der Waals surface area contributed by atoms with Crippen molar-refractivity contribution in [1.82, 2.24) is 0 Å². The summed E-state index contributed by atoms with van der Waals surface area (Å²) in [6, 6.07) is 2.01. The van der Waals surface area contributed by atoms with Crippen molar-refractivity contribution in [2.75, 3.05) is 0 Å². The van der Waals surface area contributed by atoms with Gasteiger partial charge >= 0.3 is 42.6 Å². The van der Waals surface area contributed by atoms with Gasteiger partial charge in [-0.3, -0.25) is 0 Å². The molecule has 1 heterocycles. The summed E-state index contributed by atoms with van der Waals surface area (Å²) < 4.78 is 2.30. The molecule has 1 rings (SSSR count). The van der Waals surface area contributed by atoms with Gasteiger partial charge in [0.15, 0.2) is 0 Å². The van der Waals surface area contributed by atoms with Crippen LogP contribution < -0.4 is 0 Å². The Labute approximate surface area is 105 Å². The van der Waals surface area contributed by atoms with E-state index in [0.717, 1.165) is 8.26 Å². The van der Waals surface area contributed by atoms with Crippen LogP contribution in [0.25, 0.3) is 0 Å². The molecule has 0 saturated heterocycles. The Hall–Kier alpha value is 1.26. The van der Waals surface area contributed by atoms with Crippen LogP contribution in [-0.2, 0) is 0 Å². The second-order valence-corrected chi connectivity index (χ2v) is 5.48. The van der Waals surface area contributed by atoms with E-state index in [4.69, 9.17) is 0 Å². The summed E-state index contributed by atoms with van der Waals surface area (Å²) in [5, 5.41) is 3.37. The molecule has 0 radical (unpaired) electrons. The van der Waals surface area contributed by atoms with Gasteiger partial charge in [-0.15, -0.1) is 11.3 Å². The quantitative estimate of drug-likeness (QED) is 0.698. The summed E-state index contributed by atoms with van der Waals surface area (Å²) in [4.78, 5) is 0. The molecule has 0 aliphatic carbocycles. The van der Waals surface area contributed by atoms with Gasteiger partial charge in [-0.1, -0.05) is 0 Å². The SMILES string of the molecule is Brc1ccsc1Br.[Li][CH2]CCC. The minimum atomic E-state index is 1.14. The third-order valence-corrected chi connectivity index (χ3v) is 4.42. The Balaban J connectivity index is 0.000000217. The molecule has 0 aliphatic rings. The second-order valence-electron chi connectivity index (χ2n) is 2.40. The van der Waals surface area contributed by atoms with E-state index in [1.165, 1.54) is 17.9 Å². The van der Waals surface area contributed by atoms with E-state index < -0.39 is 0 Å². The Morgan fingerprint density at radius 1 is 1.50 bits per heavy atom. The van der Waals surface area contributed by atoms with Gasteiger partial charge < -0.3 is 0 Å². The number of halogens is 2. The molecule has 0 spiro atoms. The fourth-order valence-corrected chi connectivity index (χ4v) is 2.18. The van der Waals surface area contributed by atoms with Crippen LogP contribution in [0.3, 0.4) is 0 Å². The number of rotatable bonds is 2. The molecule has 0 bridgehead atoms. The first-order valence-corrected chi connectivity index (χ1v) is 6.57. The topological polar surface area (TPSA) is 0 Å². The predicted octanol–water partition coefficient (Wildman–Crippen LogP) is 4.65. The number of thiophene rings is 1. The normalized spacial score (nSPS) is 9.08. The molecular weight excluding hydrogens is 295 g/mol. The first-order chi connectivity index (χ1) is 5.72. The second kappa shape index (κ2) is 8.84. The molecule has 1 aromatic heterocycles. The molecule has 0 aliphatic heterocycles. The molecule has 4 heteroatoms. The zero-order valence-electron chi connectivity index (χ0n) is 7.44. The molecular formula is C8H11Br2LiS. The minimum absolute atomic E-state index is 1.14. The van der Waals surface area contributed by atoms with E-state index in [0.29, 0.717) is 0 Å². The van der Waals surface area contributed by atoms with Crippen LogP contribution in [0.15, 0.2) is 19.7 Å². The number of unbranched alkanes of at least 4 members (excludes halogenated alkanes) is 1.